The van der Waals surface area contributed by atoms with Crippen molar-refractivity contribution in [3.8, 4) is 11.4 Å². The van der Waals surface area contributed by atoms with E-state index in [-0.39, 0.29) is 11.6 Å². The van der Waals surface area contributed by atoms with E-state index in [9.17, 15) is 18.4 Å². The van der Waals surface area contributed by atoms with E-state index < -0.39 is 24.4 Å². The summed E-state index contributed by atoms with van der Waals surface area (Å²) in [6, 6.07) is 23.7. The number of ether oxygens (including phenoxy) is 2. The third-order valence-electron chi connectivity index (χ3n) is 9.24. The lowest BCUT2D eigenvalue weighted by molar-refractivity contribution is -0.154. The SMILES string of the molecule is CN(C)C(CCc1cn(-c2ccc(F)cc2)c2ccc(Cl)cc12)OC(=O)/C=C/C(=O)OC(CCc1cn(-c2ccc(F)cc2)c2ccc(Cl)cc12)N(C)C. The molecule has 2 atom stereocenters. The molecule has 0 aliphatic carbocycles. The van der Waals surface area contributed by atoms with Crippen molar-refractivity contribution >= 4 is 56.9 Å². The minimum absolute atomic E-state index is 0.319. The van der Waals surface area contributed by atoms with Crippen LogP contribution >= 0.6 is 23.2 Å². The van der Waals surface area contributed by atoms with Crippen LogP contribution in [0.2, 0.25) is 10.0 Å². The van der Waals surface area contributed by atoms with Gasteiger partial charge in [0, 0.05) is 69.6 Å². The van der Waals surface area contributed by atoms with Crippen molar-refractivity contribution < 1.29 is 27.8 Å². The first-order valence-electron chi connectivity index (χ1n) is 17.4. The third kappa shape index (κ3) is 9.19. The lowest BCUT2D eigenvalue weighted by atomic mass is 10.1. The maximum Gasteiger partial charge on any atom is 0.332 e. The lowest BCUT2D eigenvalue weighted by Crippen LogP contribution is -2.33. The van der Waals surface area contributed by atoms with Gasteiger partial charge in [-0.15, -0.1) is 0 Å². The van der Waals surface area contributed by atoms with Gasteiger partial charge >= 0.3 is 11.9 Å². The van der Waals surface area contributed by atoms with Gasteiger partial charge in [0.1, 0.15) is 11.6 Å². The normalized spacial score (nSPS) is 13.0. The monoisotopic (exact) mass is 772 g/mol. The molecule has 2 unspecified atom stereocenters. The highest BCUT2D eigenvalue weighted by atomic mass is 35.5. The Kier molecular flexibility index (Phi) is 12.2. The number of aromatic nitrogens is 2. The second-order valence-corrected chi connectivity index (χ2v) is 14.3. The average molecular weight is 774 g/mol. The number of benzene rings is 4. The third-order valence-corrected chi connectivity index (χ3v) is 9.71. The predicted octanol–water partition coefficient (Wildman–Crippen LogP) is 9.14. The minimum Gasteiger partial charge on any atom is -0.443 e. The number of halogens is 4. The molecule has 0 radical (unpaired) electrons. The Morgan fingerprint density at radius 2 is 1.00 bits per heavy atom. The van der Waals surface area contributed by atoms with Crippen LogP contribution in [-0.2, 0) is 31.9 Å². The number of aryl methyl sites for hydroxylation is 2. The van der Waals surface area contributed by atoms with E-state index >= 15 is 0 Å². The van der Waals surface area contributed by atoms with E-state index in [1.807, 2.05) is 57.9 Å². The number of esters is 2. The largest absolute Gasteiger partial charge is 0.443 e. The Balaban J connectivity index is 1.08. The molecule has 0 saturated carbocycles. The summed E-state index contributed by atoms with van der Waals surface area (Å²) in [6.07, 6.45) is 6.93. The Morgan fingerprint density at radius 3 is 1.35 bits per heavy atom. The zero-order valence-corrected chi connectivity index (χ0v) is 31.8. The number of carbonyl (C=O) groups excluding carboxylic acids is 2. The molecule has 6 aromatic rings. The number of hydrogen-bond donors (Lipinski definition) is 0. The molecule has 0 saturated heterocycles. The van der Waals surface area contributed by atoms with Gasteiger partial charge < -0.3 is 18.6 Å². The number of fused-ring (bicyclic) bond motifs is 2. The van der Waals surface area contributed by atoms with Crippen molar-refractivity contribution in [3.05, 3.63) is 142 Å². The summed E-state index contributed by atoms with van der Waals surface area (Å²) in [5.74, 6) is -2.01. The number of nitrogens with zero attached hydrogens (tertiary/aromatic N) is 4. The van der Waals surface area contributed by atoms with Crippen molar-refractivity contribution in [2.75, 3.05) is 28.2 Å². The van der Waals surface area contributed by atoms with Gasteiger partial charge in [-0.1, -0.05) is 23.2 Å². The van der Waals surface area contributed by atoms with Crippen LogP contribution in [-0.4, -0.2) is 71.5 Å². The maximum atomic E-state index is 13.6. The van der Waals surface area contributed by atoms with E-state index in [0.29, 0.717) is 35.7 Å². The molecule has 8 nitrogen and oxygen atoms in total. The molecule has 2 aromatic heterocycles. The number of hydrogen-bond acceptors (Lipinski definition) is 6. The Bertz CT molecular complexity index is 2140. The van der Waals surface area contributed by atoms with Crippen LogP contribution in [0.4, 0.5) is 8.78 Å². The van der Waals surface area contributed by atoms with Crippen molar-refractivity contribution in [1.82, 2.24) is 18.9 Å². The van der Waals surface area contributed by atoms with Crippen molar-refractivity contribution in [3.63, 3.8) is 0 Å². The van der Waals surface area contributed by atoms with E-state index in [2.05, 4.69) is 0 Å². The van der Waals surface area contributed by atoms with Crippen molar-refractivity contribution in [2.45, 2.75) is 38.1 Å². The minimum atomic E-state index is -0.686. The molecule has 0 fully saturated rings. The Hall–Kier alpha value is -5.00. The summed E-state index contributed by atoms with van der Waals surface area (Å²) < 4.78 is 42.7. The van der Waals surface area contributed by atoms with E-state index in [4.69, 9.17) is 32.7 Å². The highest BCUT2D eigenvalue weighted by Gasteiger charge is 2.21. The summed E-state index contributed by atoms with van der Waals surface area (Å²) in [7, 11) is 7.23. The predicted molar refractivity (Wildman–Crippen MR) is 209 cm³/mol. The van der Waals surface area contributed by atoms with E-state index in [1.54, 1.807) is 62.3 Å². The summed E-state index contributed by atoms with van der Waals surface area (Å²) in [4.78, 5) is 29.4. The molecule has 0 N–H and O–H groups in total. The van der Waals surface area contributed by atoms with Gasteiger partial charge in [-0.25, -0.2) is 18.4 Å². The summed E-state index contributed by atoms with van der Waals surface area (Å²) in [6.45, 7) is 0. The molecule has 0 spiro atoms. The molecule has 0 aliphatic heterocycles. The molecule has 54 heavy (non-hydrogen) atoms. The van der Waals surface area contributed by atoms with Crippen LogP contribution in [0.25, 0.3) is 33.2 Å². The highest BCUT2D eigenvalue weighted by molar-refractivity contribution is 6.31. The van der Waals surface area contributed by atoms with Crippen LogP contribution in [0.3, 0.4) is 0 Å². The standard InChI is InChI=1S/C42H40Cl2F2N4O4/c1-47(2)39(19-5-27-25-49(33-13-9-31(45)10-14-33)37-17-7-29(43)23-35(27)37)53-41(51)21-22-42(52)54-40(48(3)4)20-6-28-26-50(34-15-11-32(46)12-16-34)38-18-8-30(44)24-36(28)38/h7-18,21-26,39-40H,5-6,19-20H2,1-4H3/b22-21+. The Labute approximate surface area is 322 Å². The molecule has 0 aliphatic rings. The van der Waals surface area contributed by atoms with Gasteiger partial charge in [0.05, 0.1) is 11.0 Å². The first-order valence-corrected chi connectivity index (χ1v) is 18.1. The summed E-state index contributed by atoms with van der Waals surface area (Å²) in [5, 5.41) is 3.06. The van der Waals surface area contributed by atoms with Crippen LogP contribution in [0.5, 0.6) is 0 Å². The lowest BCUT2D eigenvalue weighted by Gasteiger charge is -2.24. The van der Waals surface area contributed by atoms with Gasteiger partial charge in [-0.3, -0.25) is 9.80 Å². The fraction of sp³-hybridized carbons (Fsp3) is 0.238. The molecule has 4 aromatic carbocycles. The summed E-state index contributed by atoms with van der Waals surface area (Å²) >= 11 is 12.7. The zero-order chi connectivity index (χ0) is 38.5. The van der Waals surface area contributed by atoms with Gasteiger partial charge in [0.2, 0.25) is 0 Å². The second-order valence-electron chi connectivity index (χ2n) is 13.4. The van der Waals surface area contributed by atoms with Gasteiger partial charge in [-0.2, -0.15) is 0 Å². The van der Waals surface area contributed by atoms with Crippen molar-refractivity contribution in [1.29, 1.82) is 0 Å². The quantitative estimate of drug-likeness (QED) is 0.0625. The first kappa shape index (κ1) is 38.7. The topological polar surface area (TPSA) is 68.9 Å². The fourth-order valence-electron chi connectivity index (χ4n) is 6.46. The maximum absolute atomic E-state index is 13.6. The van der Waals surface area contributed by atoms with Gasteiger partial charge in [0.25, 0.3) is 0 Å². The van der Waals surface area contributed by atoms with Gasteiger partial charge in [0.15, 0.2) is 12.5 Å². The first-order chi connectivity index (χ1) is 25.9. The van der Waals surface area contributed by atoms with E-state index in [0.717, 1.165) is 56.5 Å². The number of carbonyl (C=O) groups is 2. The second kappa shape index (κ2) is 17.0. The highest BCUT2D eigenvalue weighted by Crippen LogP contribution is 2.31. The average Bonchev–Trinajstić information content (AvgIpc) is 3.68. The van der Waals surface area contributed by atoms with Crippen LogP contribution in [0.1, 0.15) is 24.0 Å². The molecular weight excluding hydrogens is 733 g/mol. The molecule has 6 rings (SSSR count). The molecule has 280 valence electrons. The molecule has 0 amide bonds. The van der Waals surface area contributed by atoms with Crippen LogP contribution in [0.15, 0.2) is 109 Å². The van der Waals surface area contributed by atoms with Crippen LogP contribution in [0, 0.1) is 11.6 Å². The smallest absolute Gasteiger partial charge is 0.332 e. The Morgan fingerprint density at radius 1 is 0.630 bits per heavy atom. The van der Waals surface area contributed by atoms with E-state index in [1.165, 1.54) is 24.3 Å². The number of rotatable bonds is 14. The molecule has 12 heteroatoms. The fourth-order valence-corrected chi connectivity index (χ4v) is 6.80. The zero-order valence-electron chi connectivity index (χ0n) is 30.3. The molecule has 2 heterocycles. The van der Waals surface area contributed by atoms with Gasteiger partial charge in [-0.05, 0) is 137 Å². The summed E-state index contributed by atoms with van der Waals surface area (Å²) in [5.41, 5.74) is 5.40. The molecule has 0 bridgehead atoms. The molecular formula is C42H40Cl2F2N4O4. The van der Waals surface area contributed by atoms with Crippen molar-refractivity contribution in [2.24, 2.45) is 0 Å². The van der Waals surface area contributed by atoms with Crippen LogP contribution < -0.4 is 0 Å².